The third kappa shape index (κ3) is 4.42. The minimum atomic E-state index is -2.72. The van der Waals surface area contributed by atoms with E-state index >= 15 is 8.78 Å². The van der Waals surface area contributed by atoms with Gasteiger partial charge in [0, 0.05) is 24.8 Å². The van der Waals surface area contributed by atoms with Crippen LogP contribution in [-0.2, 0) is 17.8 Å². The van der Waals surface area contributed by atoms with Crippen molar-refractivity contribution in [1.29, 1.82) is 0 Å². The molecular formula is C28H34BF2NO3. The minimum Gasteiger partial charge on any atom is -0.423 e. The van der Waals surface area contributed by atoms with E-state index in [0.717, 1.165) is 30.4 Å². The second-order valence-electron chi connectivity index (χ2n) is 11.1. The second kappa shape index (κ2) is 9.32. The van der Waals surface area contributed by atoms with Crippen molar-refractivity contribution < 1.29 is 23.6 Å². The summed E-state index contributed by atoms with van der Waals surface area (Å²) in [5, 5.41) is 22.0. The minimum absolute atomic E-state index is 0.0813. The van der Waals surface area contributed by atoms with Crippen LogP contribution in [0.4, 0.5) is 8.78 Å². The van der Waals surface area contributed by atoms with Crippen LogP contribution in [0.3, 0.4) is 0 Å². The second-order valence-corrected chi connectivity index (χ2v) is 11.1. The molecule has 3 aliphatic rings. The van der Waals surface area contributed by atoms with Crippen molar-refractivity contribution in [2.75, 3.05) is 0 Å². The molecule has 0 spiro atoms. The van der Waals surface area contributed by atoms with Gasteiger partial charge in [-0.2, -0.15) is 0 Å². The number of hydrogen-bond donors (Lipinski definition) is 3. The number of alkyl halides is 2. The van der Waals surface area contributed by atoms with Gasteiger partial charge in [-0.1, -0.05) is 55.5 Å². The molecule has 0 bridgehead atoms. The molecule has 3 aliphatic carbocycles. The van der Waals surface area contributed by atoms with Crippen molar-refractivity contribution >= 4 is 18.5 Å². The Morgan fingerprint density at radius 3 is 2.66 bits per heavy atom. The molecule has 5 atom stereocenters. The highest BCUT2D eigenvalue weighted by Crippen LogP contribution is 2.68. The topological polar surface area (TPSA) is 69.6 Å². The molecule has 0 radical (unpaired) electrons. The summed E-state index contributed by atoms with van der Waals surface area (Å²) in [6.45, 7) is 2.23. The van der Waals surface area contributed by atoms with Crippen LogP contribution in [0.5, 0.6) is 0 Å². The first kappa shape index (κ1) is 24.4. The molecule has 0 aromatic heterocycles. The lowest BCUT2D eigenvalue weighted by Gasteiger charge is -2.51. The van der Waals surface area contributed by atoms with Crippen molar-refractivity contribution in [3.8, 4) is 0 Å². The Morgan fingerprint density at radius 1 is 1.14 bits per heavy atom. The molecule has 186 valence electrons. The first-order valence-electron chi connectivity index (χ1n) is 12.9. The summed E-state index contributed by atoms with van der Waals surface area (Å²) in [5.74, 6) is -2.72. The fourth-order valence-corrected chi connectivity index (χ4v) is 7.48. The number of hydrogen-bond acceptors (Lipinski definition) is 3. The molecule has 2 aromatic rings. The summed E-state index contributed by atoms with van der Waals surface area (Å²) in [5.41, 5.74) is 2.77. The highest BCUT2D eigenvalue weighted by Gasteiger charge is 2.67. The van der Waals surface area contributed by atoms with E-state index in [-0.39, 0.29) is 42.4 Å². The number of carbonyl (C=O) groups is 1. The maximum Gasteiger partial charge on any atom is 0.488 e. The summed E-state index contributed by atoms with van der Waals surface area (Å²) >= 11 is 0. The quantitative estimate of drug-likeness (QED) is 0.543. The number of carbonyl (C=O) groups excluding carboxylic acids is 1. The van der Waals surface area contributed by atoms with Crippen LogP contribution >= 0.6 is 0 Å². The van der Waals surface area contributed by atoms with E-state index in [9.17, 15) is 14.8 Å². The molecule has 5 rings (SSSR count). The van der Waals surface area contributed by atoms with Crippen molar-refractivity contribution in [1.82, 2.24) is 5.32 Å². The smallest absolute Gasteiger partial charge is 0.423 e. The van der Waals surface area contributed by atoms with Crippen molar-refractivity contribution in [2.45, 2.75) is 70.3 Å². The van der Waals surface area contributed by atoms with Crippen LogP contribution < -0.4 is 10.8 Å². The number of benzene rings is 2. The van der Waals surface area contributed by atoms with Gasteiger partial charge in [0.15, 0.2) is 0 Å². The fraction of sp³-hybridized carbons (Fsp3) is 0.536. The number of amides is 1. The van der Waals surface area contributed by atoms with Crippen LogP contribution in [0.25, 0.3) is 0 Å². The fourth-order valence-electron chi connectivity index (χ4n) is 7.48. The van der Waals surface area contributed by atoms with Crippen LogP contribution in [0, 0.1) is 23.2 Å². The van der Waals surface area contributed by atoms with E-state index < -0.39 is 18.5 Å². The average Bonchev–Trinajstić information content (AvgIpc) is 3.06. The molecule has 4 nitrogen and oxygen atoms in total. The summed E-state index contributed by atoms with van der Waals surface area (Å²) < 4.78 is 30.9. The number of aryl methyl sites for hydroxylation is 1. The molecule has 0 saturated heterocycles. The van der Waals surface area contributed by atoms with Gasteiger partial charge in [-0.05, 0) is 77.9 Å². The third-order valence-electron chi connectivity index (χ3n) is 9.24. The Labute approximate surface area is 206 Å². The van der Waals surface area contributed by atoms with E-state index in [2.05, 4.69) is 5.32 Å². The van der Waals surface area contributed by atoms with Gasteiger partial charge >= 0.3 is 7.12 Å². The lowest BCUT2D eigenvalue weighted by Crippen LogP contribution is -2.48. The summed E-state index contributed by atoms with van der Waals surface area (Å²) in [4.78, 5) is 12.6. The monoisotopic (exact) mass is 481 g/mol. The summed E-state index contributed by atoms with van der Waals surface area (Å²) in [6.07, 6.45) is 3.42. The zero-order valence-electron chi connectivity index (χ0n) is 20.2. The summed E-state index contributed by atoms with van der Waals surface area (Å²) in [7, 11) is -1.50. The predicted octanol–water partition coefficient (Wildman–Crippen LogP) is 4.18. The Hall–Kier alpha value is -2.25. The van der Waals surface area contributed by atoms with E-state index in [1.807, 2.05) is 42.5 Å². The zero-order valence-corrected chi connectivity index (χ0v) is 20.2. The Morgan fingerprint density at radius 2 is 1.91 bits per heavy atom. The van der Waals surface area contributed by atoms with Gasteiger partial charge < -0.3 is 15.4 Å². The Balaban J connectivity index is 1.32. The van der Waals surface area contributed by atoms with E-state index in [4.69, 9.17) is 0 Å². The normalized spacial score (nSPS) is 30.7. The lowest BCUT2D eigenvalue weighted by molar-refractivity contribution is -0.133. The highest BCUT2D eigenvalue weighted by atomic mass is 19.3. The Bertz CT molecular complexity index is 1080. The molecule has 2 fully saturated rings. The van der Waals surface area contributed by atoms with Crippen LogP contribution in [-0.4, -0.2) is 29.0 Å². The molecule has 0 heterocycles. The molecule has 3 N–H and O–H groups in total. The number of fused-ring (bicyclic) bond motifs is 5. The van der Waals surface area contributed by atoms with Gasteiger partial charge in [-0.3, -0.25) is 4.79 Å². The van der Waals surface area contributed by atoms with E-state index in [1.54, 1.807) is 13.0 Å². The van der Waals surface area contributed by atoms with Crippen molar-refractivity contribution in [3.63, 3.8) is 0 Å². The summed E-state index contributed by atoms with van der Waals surface area (Å²) in [6, 6.07) is 15.3. The molecular weight excluding hydrogens is 447 g/mol. The SMILES string of the molecule is C[C@]12CCC3c4ccc(B(O)O)cc4CCC3C1[C@H](CCC(=O)NCc1ccccc1)CC2(F)F. The molecule has 1 amide bonds. The van der Waals surface area contributed by atoms with Crippen molar-refractivity contribution in [2.24, 2.45) is 23.2 Å². The number of rotatable bonds is 6. The van der Waals surface area contributed by atoms with E-state index in [0.29, 0.717) is 24.8 Å². The van der Waals surface area contributed by atoms with Crippen LogP contribution in [0.1, 0.15) is 68.1 Å². The molecule has 3 unspecified atom stereocenters. The lowest BCUT2D eigenvalue weighted by atomic mass is 9.53. The molecule has 2 saturated carbocycles. The van der Waals surface area contributed by atoms with Gasteiger partial charge in [-0.15, -0.1) is 0 Å². The highest BCUT2D eigenvalue weighted by molar-refractivity contribution is 6.58. The average molecular weight is 481 g/mol. The Kier molecular flexibility index (Phi) is 6.51. The molecule has 35 heavy (non-hydrogen) atoms. The number of nitrogens with one attached hydrogen (secondary N) is 1. The zero-order chi connectivity index (χ0) is 24.8. The first-order valence-corrected chi connectivity index (χ1v) is 12.9. The molecule has 2 aromatic carbocycles. The van der Waals surface area contributed by atoms with Crippen LogP contribution in [0.2, 0.25) is 0 Å². The van der Waals surface area contributed by atoms with Crippen molar-refractivity contribution in [3.05, 3.63) is 65.2 Å². The number of halogens is 2. The van der Waals surface area contributed by atoms with E-state index in [1.165, 1.54) is 5.56 Å². The van der Waals surface area contributed by atoms with Gasteiger partial charge in [0.25, 0.3) is 5.92 Å². The first-order chi connectivity index (χ1) is 16.7. The maximum atomic E-state index is 15.4. The predicted molar refractivity (Wildman–Crippen MR) is 132 cm³/mol. The maximum absolute atomic E-state index is 15.4. The third-order valence-corrected chi connectivity index (χ3v) is 9.24. The van der Waals surface area contributed by atoms with Gasteiger partial charge in [0.1, 0.15) is 0 Å². The molecule has 7 heteroatoms. The standard InChI is InChI=1S/C28H34BF2NO3/c1-27-14-13-23-22-11-9-21(29(34)35)15-19(22)7-10-24(23)26(27)20(16-28(27,30)31)8-12-25(33)32-17-18-5-3-2-4-6-18/h2-6,9,11,15,20,23-24,26,34-35H,7-8,10,12-14,16-17H2,1H3,(H,32,33)/t20-,23?,24?,26?,27+/m1/s1. The molecule has 0 aliphatic heterocycles. The van der Waals surface area contributed by atoms with Gasteiger partial charge in [0.05, 0.1) is 0 Å². The van der Waals surface area contributed by atoms with Crippen LogP contribution in [0.15, 0.2) is 48.5 Å². The largest absolute Gasteiger partial charge is 0.488 e. The van der Waals surface area contributed by atoms with Gasteiger partial charge in [-0.25, -0.2) is 8.78 Å². The van der Waals surface area contributed by atoms with Gasteiger partial charge in [0.2, 0.25) is 5.91 Å².